The molecule has 0 aliphatic carbocycles. The molecule has 0 radical (unpaired) electrons. The first-order valence-corrected chi connectivity index (χ1v) is 13.8. The fraction of sp³-hybridized carbons (Fsp3) is 0.483. The molecule has 1 saturated heterocycles. The zero-order valence-corrected chi connectivity index (χ0v) is 23.3. The highest BCUT2D eigenvalue weighted by Gasteiger charge is 2.27. The fourth-order valence-electron chi connectivity index (χ4n) is 5.58. The van der Waals surface area contributed by atoms with Crippen LogP contribution in [0.1, 0.15) is 30.5 Å². The first-order valence-electron chi connectivity index (χ1n) is 13.4. The number of benzene rings is 2. The molecule has 1 fully saturated rings. The second-order valence-electron chi connectivity index (χ2n) is 10.4. The van der Waals surface area contributed by atoms with E-state index in [0.29, 0.717) is 31.7 Å². The van der Waals surface area contributed by atoms with Crippen LogP contribution in [0.4, 0.5) is 11.5 Å². The maximum atomic E-state index is 9.09. The Balaban J connectivity index is 1.43. The first kappa shape index (κ1) is 26.3. The van der Waals surface area contributed by atoms with E-state index in [0.717, 1.165) is 71.9 Å². The van der Waals surface area contributed by atoms with Gasteiger partial charge in [0.15, 0.2) is 6.19 Å². The number of fused-ring (bicyclic) bond motifs is 2. The minimum atomic E-state index is 0.395. The third-order valence-electron chi connectivity index (χ3n) is 7.79. The van der Waals surface area contributed by atoms with Crippen molar-refractivity contribution in [1.82, 2.24) is 19.8 Å². The number of hydrogen-bond donors (Lipinski definition) is 0. The zero-order chi connectivity index (χ0) is 26.6. The average Bonchev–Trinajstić information content (AvgIpc) is 3.35. The molecule has 0 spiro atoms. The number of anilines is 2. The minimum absolute atomic E-state index is 0.395. The molecule has 38 heavy (non-hydrogen) atoms. The van der Waals surface area contributed by atoms with E-state index in [1.54, 1.807) is 4.90 Å². The molecule has 0 amide bonds. The van der Waals surface area contributed by atoms with Crippen LogP contribution in [0.15, 0.2) is 36.4 Å². The Kier molecular flexibility index (Phi) is 8.06. The predicted molar refractivity (Wildman–Crippen MR) is 153 cm³/mol. The largest absolute Gasteiger partial charge is 0.462 e. The number of aromatic nitrogens is 2. The summed E-state index contributed by atoms with van der Waals surface area (Å²) in [4.78, 5) is 18.4. The number of nitrogens with zero attached hydrogens (tertiary/aromatic N) is 7. The summed E-state index contributed by atoms with van der Waals surface area (Å²) in [5.41, 5.74) is 3.30. The van der Waals surface area contributed by atoms with Gasteiger partial charge in [-0.2, -0.15) is 15.2 Å². The molecule has 1 atom stereocenters. The van der Waals surface area contributed by atoms with Crippen LogP contribution in [-0.2, 0) is 13.0 Å². The van der Waals surface area contributed by atoms with Gasteiger partial charge in [-0.05, 0) is 56.8 Å². The van der Waals surface area contributed by atoms with E-state index >= 15 is 0 Å². The van der Waals surface area contributed by atoms with Crippen LogP contribution in [0.5, 0.6) is 6.01 Å². The Labute approximate surface area is 230 Å². The first-order chi connectivity index (χ1) is 18.4. The minimum Gasteiger partial charge on any atom is -0.462 e. The van der Waals surface area contributed by atoms with E-state index in [1.807, 2.05) is 19.2 Å². The number of rotatable bonds is 9. The normalized spacial score (nSPS) is 17.3. The lowest BCUT2D eigenvalue weighted by Crippen LogP contribution is -2.34. The van der Waals surface area contributed by atoms with Crippen molar-refractivity contribution in [2.24, 2.45) is 0 Å². The van der Waals surface area contributed by atoms with Gasteiger partial charge in [0, 0.05) is 56.4 Å². The Morgan fingerprint density at radius 2 is 1.95 bits per heavy atom. The molecule has 0 unspecified atom stereocenters. The quantitative estimate of drug-likeness (QED) is 0.293. The molecule has 8 nitrogen and oxygen atoms in total. The monoisotopic (exact) mass is 533 g/mol. The van der Waals surface area contributed by atoms with Gasteiger partial charge in [0.2, 0.25) is 0 Å². The SMILES string of the molecule is CN(C#N)CCCN(C)c1nc(OC[C@@H]2CCCN2C)nc2c1CCN(c1cccc3cccc(Cl)c13)C2. The summed E-state index contributed by atoms with van der Waals surface area (Å²) in [7, 11) is 6.03. The standard InChI is InChI=1S/C29H36ClN7O/c1-34(20-31)14-7-16-36(3)28-23-13-17-37(26-12-5-9-21-8-4-11-24(30)27(21)26)18-25(23)32-29(33-28)38-19-22-10-6-15-35(22)2/h4-5,8-9,11-12,22H,6-7,10,13-19H2,1-3H3/t22-/m0/s1. The highest BCUT2D eigenvalue weighted by molar-refractivity contribution is 6.36. The molecular formula is C29H36ClN7O. The Hall–Kier alpha value is -3.28. The van der Waals surface area contributed by atoms with E-state index in [9.17, 15) is 0 Å². The number of likely N-dealkylation sites (N-methyl/N-ethyl adjacent to an activating group) is 1. The Bertz CT molecular complexity index is 1320. The van der Waals surface area contributed by atoms with Crippen LogP contribution >= 0.6 is 11.6 Å². The van der Waals surface area contributed by atoms with Gasteiger partial charge >= 0.3 is 6.01 Å². The summed E-state index contributed by atoms with van der Waals surface area (Å²) in [5.74, 6) is 0.931. The van der Waals surface area contributed by atoms with Gasteiger partial charge in [0.05, 0.1) is 17.3 Å². The van der Waals surface area contributed by atoms with Gasteiger partial charge in [-0.1, -0.05) is 35.9 Å². The van der Waals surface area contributed by atoms with Crippen LogP contribution in [0.25, 0.3) is 10.8 Å². The van der Waals surface area contributed by atoms with Crippen molar-refractivity contribution in [3.8, 4) is 12.2 Å². The highest BCUT2D eigenvalue weighted by atomic mass is 35.5. The molecule has 5 rings (SSSR count). The van der Waals surface area contributed by atoms with Crippen LogP contribution in [0.3, 0.4) is 0 Å². The van der Waals surface area contributed by atoms with E-state index in [2.05, 4.69) is 59.3 Å². The van der Waals surface area contributed by atoms with Gasteiger partial charge in [0.25, 0.3) is 0 Å². The van der Waals surface area contributed by atoms with Crippen molar-refractivity contribution in [2.75, 3.05) is 63.7 Å². The smallest absolute Gasteiger partial charge is 0.318 e. The second kappa shape index (κ2) is 11.6. The summed E-state index contributed by atoms with van der Waals surface area (Å²) in [6.07, 6.45) is 6.20. The fourth-order valence-corrected chi connectivity index (χ4v) is 5.85. The van der Waals surface area contributed by atoms with Crippen LogP contribution < -0.4 is 14.5 Å². The summed E-state index contributed by atoms with van der Waals surface area (Å²) in [6.45, 7) is 4.72. The van der Waals surface area contributed by atoms with Gasteiger partial charge in [-0.15, -0.1) is 0 Å². The van der Waals surface area contributed by atoms with Crippen molar-refractivity contribution >= 4 is 33.9 Å². The molecule has 3 aromatic rings. The summed E-state index contributed by atoms with van der Waals surface area (Å²) in [6, 6.07) is 13.2. The van der Waals surface area contributed by atoms with Crippen molar-refractivity contribution in [3.63, 3.8) is 0 Å². The van der Waals surface area contributed by atoms with Crippen LogP contribution in [-0.4, -0.2) is 79.7 Å². The maximum Gasteiger partial charge on any atom is 0.318 e. The predicted octanol–water partition coefficient (Wildman–Crippen LogP) is 4.56. The molecule has 0 N–H and O–H groups in total. The summed E-state index contributed by atoms with van der Waals surface area (Å²) >= 11 is 6.66. The second-order valence-corrected chi connectivity index (χ2v) is 10.8. The number of ether oxygens (including phenoxy) is 1. The van der Waals surface area contributed by atoms with E-state index in [-0.39, 0.29) is 0 Å². The molecule has 1 aromatic heterocycles. The molecular weight excluding hydrogens is 498 g/mol. The molecule has 0 saturated carbocycles. The molecule has 9 heteroatoms. The number of likely N-dealkylation sites (tertiary alicyclic amines) is 1. The van der Waals surface area contributed by atoms with Gasteiger partial charge in [0.1, 0.15) is 12.4 Å². The van der Waals surface area contributed by atoms with Crippen molar-refractivity contribution < 1.29 is 4.74 Å². The highest BCUT2D eigenvalue weighted by Crippen LogP contribution is 2.36. The topological polar surface area (TPSA) is 71.8 Å². The number of halogens is 1. The number of nitriles is 1. The maximum absolute atomic E-state index is 9.09. The summed E-state index contributed by atoms with van der Waals surface area (Å²) < 4.78 is 6.23. The summed E-state index contributed by atoms with van der Waals surface area (Å²) in [5, 5.41) is 12.1. The lowest BCUT2D eigenvalue weighted by Gasteiger charge is -2.33. The zero-order valence-electron chi connectivity index (χ0n) is 22.5. The van der Waals surface area contributed by atoms with E-state index in [1.165, 1.54) is 12.0 Å². The molecule has 2 aliphatic heterocycles. The third kappa shape index (κ3) is 5.59. The van der Waals surface area contributed by atoms with E-state index < -0.39 is 0 Å². The van der Waals surface area contributed by atoms with Crippen molar-refractivity contribution in [2.45, 2.75) is 38.3 Å². The molecule has 0 bridgehead atoms. The third-order valence-corrected chi connectivity index (χ3v) is 8.11. The lowest BCUT2D eigenvalue weighted by molar-refractivity contribution is 0.187. The van der Waals surface area contributed by atoms with Crippen LogP contribution in [0.2, 0.25) is 5.02 Å². The van der Waals surface area contributed by atoms with Crippen molar-refractivity contribution in [1.29, 1.82) is 5.26 Å². The van der Waals surface area contributed by atoms with E-state index in [4.69, 9.17) is 31.6 Å². The van der Waals surface area contributed by atoms with Gasteiger partial charge in [-0.3, -0.25) is 0 Å². The van der Waals surface area contributed by atoms with Crippen LogP contribution in [0, 0.1) is 11.5 Å². The molecule has 3 heterocycles. The molecule has 2 aliphatic rings. The van der Waals surface area contributed by atoms with Gasteiger partial charge in [-0.25, -0.2) is 0 Å². The lowest BCUT2D eigenvalue weighted by atomic mass is 10.0. The molecule has 200 valence electrons. The van der Waals surface area contributed by atoms with Gasteiger partial charge < -0.3 is 24.3 Å². The van der Waals surface area contributed by atoms with Crippen molar-refractivity contribution in [3.05, 3.63) is 52.7 Å². The average molecular weight is 534 g/mol. The molecule has 2 aromatic carbocycles. The Morgan fingerprint density at radius 3 is 2.71 bits per heavy atom. The Morgan fingerprint density at radius 1 is 1.13 bits per heavy atom. The number of hydrogen-bond acceptors (Lipinski definition) is 8.